The molecule has 6 nitrogen and oxygen atoms in total. The third-order valence-electron chi connectivity index (χ3n) is 3.46. The summed E-state index contributed by atoms with van der Waals surface area (Å²) in [5.41, 5.74) is 1.55. The smallest absolute Gasteiger partial charge is 0.248 e. The van der Waals surface area contributed by atoms with Crippen molar-refractivity contribution in [2.45, 2.75) is 0 Å². The molecule has 1 N–H and O–H groups in total. The zero-order chi connectivity index (χ0) is 15.9. The van der Waals surface area contributed by atoms with E-state index in [1.165, 1.54) is 6.08 Å². The molecule has 0 aliphatic carbocycles. The highest BCUT2D eigenvalue weighted by Crippen LogP contribution is 2.15. The van der Waals surface area contributed by atoms with Crippen LogP contribution in [0.1, 0.15) is 5.56 Å². The molecule has 1 fully saturated rings. The maximum Gasteiger partial charge on any atom is 0.248 e. The number of amides is 1. The Labute approximate surface area is 134 Å². The highest BCUT2D eigenvalue weighted by molar-refractivity contribution is 6.01. The molecule has 3 heterocycles. The lowest BCUT2D eigenvalue weighted by molar-refractivity contribution is -0.111. The van der Waals surface area contributed by atoms with Crippen molar-refractivity contribution < 1.29 is 9.53 Å². The number of anilines is 2. The number of ether oxygens (including phenoxy) is 1. The van der Waals surface area contributed by atoms with Crippen molar-refractivity contribution in [3.8, 4) is 0 Å². The lowest BCUT2D eigenvalue weighted by atomic mass is 10.2. The number of nitrogens with zero attached hydrogens (tertiary/aromatic N) is 3. The molecule has 1 aliphatic rings. The maximum atomic E-state index is 11.9. The number of nitrogens with one attached hydrogen (secondary N) is 1. The van der Waals surface area contributed by atoms with Gasteiger partial charge in [0.1, 0.15) is 5.82 Å². The lowest BCUT2D eigenvalue weighted by Crippen LogP contribution is -2.36. The first-order chi connectivity index (χ1) is 11.3. The normalized spacial score (nSPS) is 14.9. The van der Waals surface area contributed by atoms with Crippen molar-refractivity contribution in [1.29, 1.82) is 0 Å². The molecule has 6 heteroatoms. The van der Waals surface area contributed by atoms with Crippen molar-refractivity contribution in [3.63, 3.8) is 0 Å². The lowest BCUT2D eigenvalue weighted by Gasteiger charge is -2.27. The second kappa shape index (κ2) is 7.51. The molecule has 0 aromatic carbocycles. The Morgan fingerprint density at radius 3 is 2.78 bits per heavy atom. The van der Waals surface area contributed by atoms with E-state index in [2.05, 4.69) is 20.2 Å². The fourth-order valence-electron chi connectivity index (χ4n) is 2.27. The van der Waals surface area contributed by atoms with Gasteiger partial charge in [0.15, 0.2) is 0 Å². The quantitative estimate of drug-likeness (QED) is 0.875. The van der Waals surface area contributed by atoms with E-state index in [4.69, 9.17) is 4.74 Å². The molecule has 118 valence electrons. The zero-order valence-corrected chi connectivity index (χ0v) is 12.7. The van der Waals surface area contributed by atoms with Crippen LogP contribution in [0.4, 0.5) is 11.5 Å². The van der Waals surface area contributed by atoms with Gasteiger partial charge < -0.3 is 15.0 Å². The molecule has 0 spiro atoms. The van der Waals surface area contributed by atoms with Gasteiger partial charge in [-0.2, -0.15) is 0 Å². The Bertz CT molecular complexity index is 665. The van der Waals surface area contributed by atoms with E-state index < -0.39 is 0 Å². The predicted molar refractivity (Wildman–Crippen MR) is 89.2 cm³/mol. The van der Waals surface area contributed by atoms with Crippen LogP contribution >= 0.6 is 0 Å². The van der Waals surface area contributed by atoms with Gasteiger partial charge in [-0.15, -0.1) is 0 Å². The SMILES string of the molecule is O=C(/C=C/c1cccnc1)Nc1ccc(N2CCOCC2)nc1. The summed E-state index contributed by atoms with van der Waals surface area (Å²) >= 11 is 0. The van der Waals surface area contributed by atoms with Gasteiger partial charge in [-0.1, -0.05) is 6.07 Å². The number of rotatable bonds is 4. The Hall–Kier alpha value is -2.73. The number of carbonyl (C=O) groups excluding carboxylic acids is 1. The van der Waals surface area contributed by atoms with Gasteiger partial charge in [-0.25, -0.2) is 4.98 Å². The number of carbonyl (C=O) groups is 1. The van der Waals surface area contributed by atoms with Crippen LogP contribution in [0.3, 0.4) is 0 Å². The van der Waals surface area contributed by atoms with E-state index in [1.807, 2.05) is 24.3 Å². The Morgan fingerprint density at radius 2 is 2.09 bits per heavy atom. The number of pyridine rings is 2. The average Bonchev–Trinajstić information content (AvgIpc) is 2.62. The number of hydrogen-bond acceptors (Lipinski definition) is 5. The van der Waals surface area contributed by atoms with Gasteiger partial charge in [0.05, 0.1) is 25.1 Å². The minimum Gasteiger partial charge on any atom is -0.378 e. The van der Waals surface area contributed by atoms with Crippen molar-refractivity contribution in [1.82, 2.24) is 9.97 Å². The molecular formula is C17H18N4O2. The van der Waals surface area contributed by atoms with Gasteiger partial charge in [-0.3, -0.25) is 9.78 Å². The molecule has 0 radical (unpaired) electrons. The van der Waals surface area contributed by atoms with E-state index in [0.717, 1.165) is 37.7 Å². The van der Waals surface area contributed by atoms with Crippen molar-refractivity contribution in [2.24, 2.45) is 0 Å². The Morgan fingerprint density at radius 1 is 1.22 bits per heavy atom. The minimum atomic E-state index is -0.199. The van der Waals surface area contributed by atoms with E-state index >= 15 is 0 Å². The van der Waals surface area contributed by atoms with Crippen LogP contribution < -0.4 is 10.2 Å². The fraction of sp³-hybridized carbons (Fsp3) is 0.235. The number of hydrogen-bond donors (Lipinski definition) is 1. The largest absolute Gasteiger partial charge is 0.378 e. The first kappa shape index (κ1) is 15.2. The maximum absolute atomic E-state index is 11.9. The second-order valence-corrected chi connectivity index (χ2v) is 5.11. The van der Waals surface area contributed by atoms with Gasteiger partial charge in [0, 0.05) is 31.6 Å². The molecule has 2 aromatic rings. The van der Waals surface area contributed by atoms with E-state index in [1.54, 1.807) is 24.7 Å². The molecular weight excluding hydrogens is 292 g/mol. The topological polar surface area (TPSA) is 67.4 Å². The zero-order valence-electron chi connectivity index (χ0n) is 12.7. The van der Waals surface area contributed by atoms with Gasteiger partial charge in [0.25, 0.3) is 0 Å². The van der Waals surface area contributed by atoms with E-state index in [-0.39, 0.29) is 5.91 Å². The summed E-state index contributed by atoms with van der Waals surface area (Å²) in [5.74, 6) is 0.701. The van der Waals surface area contributed by atoms with Gasteiger partial charge in [-0.05, 0) is 29.8 Å². The third kappa shape index (κ3) is 4.37. The summed E-state index contributed by atoms with van der Waals surface area (Å²) in [7, 11) is 0. The molecule has 0 unspecified atom stereocenters. The van der Waals surface area contributed by atoms with Crippen molar-refractivity contribution in [3.05, 3.63) is 54.5 Å². The van der Waals surface area contributed by atoms with E-state index in [9.17, 15) is 4.79 Å². The summed E-state index contributed by atoms with van der Waals surface area (Å²) in [6.07, 6.45) is 8.26. The first-order valence-corrected chi connectivity index (χ1v) is 7.49. The van der Waals surface area contributed by atoms with Crippen LogP contribution in [0, 0.1) is 0 Å². The fourth-order valence-corrected chi connectivity index (χ4v) is 2.27. The Balaban J connectivity index is 1.57. The molecule has 2 aromatic heterocycles. The molecule has 0 saturated carbocycles. The van der Waals surface area contributed by atoms with Crippen LogP contribution in [0.25, 0.3) is 6.08 Å². The van der Waals surface area contributed by atoms with Crippen LogP contribution in [0.5, 0.6) is 0 Å². The highest BCUT2D eigenvalue weighted by Gasteiger charge is 2.12. The van der Waals surface area contributed by atoms with Crippen LogP contribution in [-0.4, -0.2) is 42.2 Å². The second-order valence-electron chi connectivity index (χ2n) is 5.11. The molecule has 3 rings (SSSR count). The van der Waals surface area contributed by atoms with Crippen molar-refractivity contribution >= 4 is 23.5 Å². The third-order valence-corrected chi connectivity index (χ3v) is 3.46. The van der Waals surface area contributed by atoms with Crippen LogP contribution in [0.2, 0.25) is 0 Å². The van der Waals surface area contributed by atoms with Crippen LogP contribution in [0.15, 0.2) is 48.9 Å². The number of aromatic nitrogens is 2. The predicted octanol–water partition coefficient (Wildman–Crippen LogP) is 1.97. The molecule has 1 saturated heterocycles. The van der Waals surface area contributed by atoms with Gasteiger partial charge >= 0.3 is 0 Å². The highest BCUT2D eigenvalue weighted by atomic mass is 16.5. The first-order valence-electron chi connectivity index (χ1n) is 7.49. The average molecular weight is 310 g/mol. The van der Waals surface area contributed by atoms with Crippen molar-refractivity contribution in [2.75, 3.05) is 36.5 Å². The molecule has 0 bridgehead atoms. The minimum absolute atomic E-state index is 0.199. The molecule has 1 amide bonds. The van der Waals surface area contributed by atoms with Gasteiger partial charge in [0.2, 0.25) is 5.91 Å². The molecule has 23 heavy (non-hydrogen) atoms. The summed E-state index contributed by atoms with van der Waals surface area (Å²) in [4.78, 5) is 22.5. The summed E-state index contributed by atoms with van der Waals surface area (Å²) in [5, 5.41) is 2.79. The van der Waals surface area contributed by atoms with Crippen LogP contribution in [-0.2, 0) is 9.53 Å². The molecule has 0 atom stereocenters. The standard InChI is InChI=1S/C17H18N4O2/c22-17(6-3-14-2-1-7-18-12-14)20-15-4-5-16(19-13-15)21-8-10-23-11-9-21/h1-7,12-13H,8-11H2,(H,20,22)/b6-3+. The summed E-state index contributed by atoms with van der Waals surface area (Å²) in [6.45, 7) is 3.12. The Kier molecular flexibility index (Phi) is 4.95. The summed E-state index contributed by atoms with van der Waals surface area (Å²) < 4.78 is 5.32. The monoisotopic (exact) mass is 310 g/mol. The summed E-state index contributed by atoms with van der Waals surface area (Å²) in [6, 6.07) is 7.47. The number of morpholine rings is 1. The molecule has 1 aliphatic heterocycles. The van der Waals surface area contributed by atoms with E-state index in [0.29, 0.717) is 5.69 Å².